The highest BCUT2D eigenvalue weighted by Gasteiger charge is 2.17. The van der Waals surface area contributed by atoms with Gasteiger partial charge in [-0.05, 0) is 31.5 Å². The van der Waals surface area contributed by atoms with Crippen molar-refractivity contribution >= 4 is 27.3 Å². The maximum Gasteiger partial charge on any atom is 0.262 e. The van der Waals surface area contributed by atoms with Crippen molar-refractivity contribution in [3.05, 3.63) is 81.7 Å². The summed E-state index contributed by atoms with van der Waals surface area (Å²) in [6.45, 7) is 4.13. The molecule has 146 valence electrons. The largest absolute Gasteiger partial charge is 0.491 e. The molecule has 0 unspecified atom stereocenters. The summed E-state index contributed by atoms with van der Waals surface area (Å²) in [6, 6.07) is 17.0. The van der Waals surface area contributed by atoms with Gasteiger partial charge in [0.25, 0.3) is 5.56 Å². The fourth-order valence-corrected chi connectivity index (χ4v) is 4.39. The molecule has 2 aromatic carbocycles. The zero-order chi connectivity index (χ0) is 20.4. The Morgan fingerprint density at radius 3 is 2.59 bits per heavy atom. The van der Waals surface area contributed by atoms with E-state index in [-0.39, 0.29) is 17.9 Å². The number of para-hydroxylation sites is 1. The van der Waals surface area contributed by atoms with Gasteiger partial charge in [-0.1, -0.05) is 42.5 Å². The van der Waals surface area contributed by atoms with Crippen LogP contribution in [0.4, 0.5) is 0 Å². The molecule has 4 rings (SSSR count). The SMILES string of the molecule is CC(=O)c1ccccc1OCCn1cnc2sc(C)c(-c3ccccc3)c2c1=O. The Kier molecular flexibility index (Phi) is 5.27. The van der Waals surface area contributed by atoms with Gasteiger partial charge in [0, 0.05) is 10.4 Å². The minimum Gasteiger partial charge on any atom is -0.491 e. The van der Waals surface area contributed by atoms with E-state index in [1.807, 2.05) is 43.3 Å². The quantitative estimate of drug-likeness (QED) is 0.437. The van der Waals surface area contributed by atoms with Crippen LogP contribution in [0.15, 0.2) is 65.7 Å². The Morgan fingerprint density at radius 1 is 1.10 bits per heavy atom. The fourth-order valence-electron chi connectivity index (χ4n) is 3.39. The lowest BCUT2D eigenvalue weighted by molar-refractivity contribution is 0.101. The van der Waals surface area contributed by atoms with Crippen molar-refractivity contribution < 1.29 is 9.53 Å². The van der Waals surface area contributed by atoms with Crippen molar-refractivity contribution in [2.75, 3.05) is 6.61 Å². The van der Waals surface area contributed by atoms with Gasteiger partial charge in [-0.25, -0.2) is 4.98 Å². The van der Waals surface area contributed by atoms with E-state index < -0.39 is 0 Å². The summed E-state index contributed by atoms with van der Waals surface area (Å²) >= 11 is 1.53. The second-order valence-electron chi connectivity index (χ2n) is 6.72. The molecule has 0 atom stereocenters. The number of hydrogen-bond acceptors (Lipinski definition) is 5. The molecule has 0 saturated carbocycles. The first-order valence-electron chi connectivity index (χ1n) is 9.33. The van der Waals surface area contributed by atoms with E-state index in [0.29, 0.717) is 23.2 Å². The van der Waals surface area contributed by atoms with Gasteiger partial charge < -0.3 is 4.74 Å². The minimum absolute atomic E-state index is 0.0536. The van der Waals surface area contributed by atoms with Crippen molar-refractivity contribution in [3.8, 4) is 16.9 Å². The second-order valence-corrected chi connectivity index (χ2v) is 7.93. The summed E-state index contributed by atoms with van der Waals surface area (Å²) in [4.78, 5) is 31.2. The molecule has 0 radical (unpaired) electrons. The first kappa shape index (κ1) is 19.1. The molecule has 0 bridgehead atoms. The number of fused-ring (bicyclic) bond motifs is 1. The minimum atomic E-state index is -0.0818. The number of thiophene rings is 1. The number of hydrogen-bond donors (Lipinski definition) is 0. The standard InChI is InChI=1S/C23H20N2O3S/c1-15(26)18-10-6-7-11-19(18)28-13-12-25-14-24-22-21(23(25)27)20(16(2)29-22)17-8-4-3-5-9-17/h3-11,14H,12-13H2,1-2H3. The number of benzene rings is 2. The molecule has 0 N–H and O–H groups in total. The highest BCUT2D eigenvalue weighted by atomic mass is 32.1. The van der Waals surface area contributed by atoms with Gasteiger partial charge in [0.15, 0.2) is 5.78 Å². The van der Waals surface area contributed by atoms with Crippen LogP contribution in [-0.2, 0) is 6.54 Å². The maximum absolute atomic E-state index is 13.2. The van der Waals surface area contributed by atoms with Crippen molar-refractivity contribution in [2.24, 2.45) is 0 Å². The summed E-state index contributed by atoms with van der Waals surface area (Å²) in [5.74, 6) is 0.473. The van der Waals surface area contributed by atoms with Crippen LogP contribution in [-0.4, -0.2) is 21.9 Å². The van der Waals surface area contributed by atoms with E-state index in [1.165, 1.54) is 18.3 Å². The Hall–Kier alpha value is -3.25. The van der Waals surface area contributed by atoms with Crippen LogP contribution >= 0.6 is 11.3 Å². The Labute approximate surface area is 172 Å². The molecule has 0 spiro atoms. The zero-order valence-corrected chi connectivity index (χ0v) is 17.0. The van der Waals surface area contributed by atoms with Crippen LogP contribution in [0.5, 0.6) is 5.75 Å². The number of ketones is 1. The highest BCUT2D eigenvalue weighted by molar-refractivity contribution is 7.19. The molecule has 0 aliphatic heterocycles. The second kappa shape index (κ2) is 8.01. The average molecular weight is 404 g/mol. The first-order chi connectivity index (χ1) is 14.1. The zero-order valence-electron chi connectivity index (χ0n) is 16.2. The predicted octanol–water partition coefficient (Wildman–Crippen LogP) is 4.72. The molecule has 0 amide bonds. The number of rotatable bonds is 6. The van der Waals surface area contributed by atoms with Gasteiger partial charge >= 0.3 is 0 Å². The monoisotopic (exact) mass is 404 g/mol. The number of aryl methyl sites for hydroxylation is 1. The predicted molar refractivity (Wildman–Crippen MR) is 116 cm³/mol. The molecule has 0 fully saturated rings. The van der Waals surface area contributed by atoms with Crippen molar-refractivity contribution in [2.45, 2.75) is 20.4 Å². The van der Waals surface area contributed by atoms with Crippen molar-refractivity contribution in [1.82, 2.24) is 9.55 Å². The third kappa shape index (κ3) is 3.71. The Bertz CT molecular complexity index is 1240. The van der Waals surface area contributed by atoms with E-state index in [1.54, 1.807) is 29.1 Å². The summed E-state index contributed by atoms with van der Waals surface area (Å²) in [6.07, 6.45) is 1.57. The summed E-state index contributed by atoms with van der Waals surface area (Å²) in [5, 5.41) is 0.644. The van der Waals surface area contributed by atoms with E-state index in [0.717, 1.165) is 20.8 Å². The van der Waals surface area contributed by atoms with Crippen LogP contribution in [0, 0.1) is 6.92 Å². The van der Waals surface area contributed by atoms with Crippen molar-refractivity contribution in [3.63, 3.8) is 0 Å². The molecule has 0 aliphatic carbocycles. The van der Waals surface area contributed by atoms with Gasteiger partial charge in [0.1, 0.15) is 17.2 Å². The van der Waals surface area contributed by atoms with Gasteiger partial charge in [-0.3, -0.25) is 14.2 Å². The molecule has 0 aliphatic rings. The molecular weight excluding hydrogens is 384 g/mol. The summed E-state index contributed by atoms with van der Waals surface area (Å²) in [7, 11) is 0. The topological polar surface area (TPSA) is 61.2 Å². The first-order valence-corrected chi connectivity index (χ1v) is 10.1. The molecule has 0 saturated heterocycles. The third-order valence-electron chi connectivity index (χ3n) is 4.77. The lowest BCUT2D eigenvalue weighted by atomic mass is 10.0. The Morgan fingerprint density at radius 2 is 1.83 bits per heavy atom. The van der Waals surface area contributed by atoms with Crippen LogP contribution in [0.3, 0.4) is 0 Å². The summed E-state index contributed by atoms with van der Waals surface area (Å²) in [5.41, 5.74) is 2.41. The van der Waals surface area contributed by atoms with Gasteiger partial charge in [-0.2, -0.15) is 0 Å². The molecule has 4 aromatic rings. The molecule has 2 heterocycles. The number of nitrogens with zero attached hydrogens (tertiary/aromatic N) is 2. The van der Waals surface area contributed by atoms with E-state index >= 15 is 0 Å². The van der Waals surface area contributed by atoms with E-state index in [9.17, 15) is 9.59 Å². The molecule has 5 nitrogen and oxygen atoms in total. The lowest BCUT2D eigenvalue weighted by Crippen LogP contribution is -2.23. The molecule has 6 heteroatoms. The van der Waals surface area contributed by atoms with Gasteiger partial charge in [-0.15, -0.1) is 11.3 Å². The lowest BCUT2D eigenvalue weighted by Gasteiger charge is -2.11. The summed E-state index contributed by atoms with van der Waals surface area (Å²) < 4.78 is 7.35. The third-order valence-corrected chi connectivity index (χ3v) is 5.79. The molecular formula is C23H20N2O3S. The maximum atomic E-state index is 13.2. The van der Waals surface area contributed by atoms with Gasteiger partial charge in [0.05, 0.1) is 23.8 Å². The average Bonchev–Trinajstić information content (AvgIpc) is 3.07. The van der Waals surface area contributed by atoms with Crippen LogP contribution in [0.1, 0.15) is 22.2 Å². The van der Waals surface area contributed by atoms with E-state index in [2.05, 4.69) is 4.98 Å². The number of carbonyl (C=O) groups excluding carboxylic acids is 1. The van der Waals surface area contributed by atoms with Gasteiger partial charge in [0.2, 0.25) is 0 Å². The van der Waals surface area contributed by atoms with Crippen molar-refractivity contribution in [1.29, 1.82) is 0 Å². The van der Waals surface area contributed by atoms with Crippen LogP contribution in [0.2, 0.25) is 0 Å². The normalized spacial score (nSPS) is 11.0. The molecule has 29 heavy (non-hydrogen) atoms. The Balaban J connectivity index is 1.64. The smallest absolute Gasteiger partial charge is 0.262 e. The van der Waals surface area contributed by atoms with Crippen LogP contribution < -0.4 is 10.3 Å². The number of aromatic nitrogens is 2. The molecule has 2 aromatic heterocycles. The van der Waals surface area contributed by atoms with E-state index in [4.69, 9.17) is 4.74 Å². The number of Topliss-reactive ketones (excluding diaryl/α,β-unsaturated/α-hetero) is 1. The van der Waals surface area contributed by atoms with Crippen LogP contribution in [0.25, 0.3) is 21.3 Å². The number of carbonyl (C=O) groups is 1. The number of ether oxygens (including phenoxy) is 1. The fraction of sp³-hybridized carbons (Fsp3) is 0.174. The highest BCUT2D eigenvalue weighted by Crippen LogP contribution is 2.35.